The van der Waals surface area contributed by atoms with Crippen LogP contribution in [0.25, 0.3) is 16.9 Å². The van der Waals surface area contributed by atoms with Crippen molar-refractivity contribution in [2.75, 3.05) is 13.1 Å². The number of carbonyl (C=O) groups excluding carboxylic acids is 2. The van der Waals surface area contributed by atoms with Crippen LogP contribution in [0.5, 0.6) is 0 Å². The first-order valence-electron chi connectivity index (χ1n) is 11.2. The molecule has 2 aliphatic heterocycles. The van der Waals surface area contributed by atoms with Gasteiger partial charge >= 0.3 is 11.6 Å². The van der Waals surface area contributed by atoms with Crippen LogP contribution in [0.1, 0.15) is 67.1 Å². The molecule has 7 nitrogen and oxygen atoms in total. The summed E-state index contributed by atoms with van der Waals surface area (Å²) in [7, 11) is 0. The van der Waals surface area contributed by atoms with E-state index in [4.69, 9.17) is 5.10 Å². The quantitative estimate of drug-likeness (QED) is 0.645. The predicted octanol–water partition coefficient (Wildman–Crippen LogP) is 2.69. The Hall–Kier alpha value is -3.29. The summed E-state index contributed by atoms with van der Waals surface area (Å²) < 4.78 is 17.9. The number of hydrogen-bond acceptors (Lipinski definition) is 3. The standard InChI is InChI=1S/C24H24FN5O2/c1-13(2)16-11-19(15-6-7-18(25)17(10-15)14-4-5-14)27-29-12-20-22(31)28-9-8-26-23(32)24(28,3)30(20)21(16)29/h6-7,10-14H,4-5,8-9H2,1-3H3/p+1. The fourth-order valence-corrected chi connectivity index (χ4v) is 5.16. The van der Waals surface area contributed by atoms with Crippen LogP contribution >= 0.6 is 0 Å². The molecule has 1 saturated carbocycles. The van der Waals surface area contributed by atoms with Gasteiger partial charge < -0.3 is 5.32 Å². The zero-order valence-corrected chi connectivity index (χ0v) is 18.4. The maximum atomic E-state index is 14.3. The zero-order chi connectivity index (χ0) is 22.4. The van der Waals surface area contributed by atoms with E-state index in [9.17, 15) is 14.0 Å². The number of hydrogen-bond donors (Lipinski definition) is 1. The van der Waals surface area contributed by atoms with E-state index < -0.39 is 5.66 Å². The number of rotatable bonds is 3. The molecule has 0 spiro atoms. The van der Waals surface area contributed by atoms with Gasteiger partial charge in [-0.3, -0.25) is 14.5 Å². The number of halogens is 1. The van der Waals surface area contributed by atoms with Crippen LogP contribution < -0.4 is 9.88 Å². The van der Waals surface area contributed by atoms with Crippen LogP contribution in [-0.4, -0.2) is 39.4 Å². The van der Waals surface area contributed by atoms with Gasteiger partial charge in [0.25, 0.3) is 11.6 Å². The molecule has 1 atom stereocenters. The second-order valence-corrected chi connectivity index (χ2v) is 9.50. The highest BCUT2D eigenvalue weighted by atomic mass is 19.1. The van der Waals surface area contributed by atoms with Gasteiger partial charge in [0, 0.05) is 31.1 Å². The van der Waals surface area contributed by atoms with Crippen LogP contribution in [0.3, 0.4) is 0 Å². The summed E-state index contributed by atoms with van der Waals surface area (Å²) in [5.74, 6) is -0.114. The van der Waals surface area contributed by atoms with E-state index in [2.05, 4.69) is 19.2 Å². The summed E-state index contributed by atoms with van der Waals surface area (Å²) >= 11 is 0. The Morgan fingerprint density at radius 2 is 2.03 bits per heavy atom. The number of imidazole rings is 1. The zero-order valence-electron chi connectivity index (χ0n) is 18.4. The minimum absolute atomic E-state index is 0.119. The van der Waals surface area contributed by atoms with Gasteiger partial charge in [0.05, 0.1) is 0 Å². The third-order valence-electron chi connectivity index (χ3n) is 7.09. The third kappa shape index (κ3) is 2.46. The first-order chi connectivity index (χ1) is 15.3. The number of amides is 2. The number of nitrogens with one attached hydrogen (secondary N) is 1. The third-order valence-corrected chi connectivity index (χ3v) is 7.09. The molecule has 8 heteroatoms. The van der Waals surface area contributed by atoms with Crippen LogP contribution in [0.2, 0.25) is 0 Å². The monoisotopic (exact) mass is 434 g/mol. The Morgan fingerprint density at radius 3 is 2.75 bits per heavy atom. The Kier molecular flexibility index (Phi) is 3.86. The van der Waals surface area contributed by atoms with Crippen molar-refractivity contribution in [3.63, 3.8) is 0 Å². The fourth-order valence-electron chi connectivity index (χ4n) is 5.16. The summed E-state index contributed by atoms with van der Waals surface area (Å²) in [6.45, 7) is 6.87. The summed E-state index contributed by atoms with van der Waals surface area (Å²) in [6, 6.07) is 7.18. The highest BCUT2D eigenvalue weighted by molar-refractivity contribution is 5.99. The van der Waals surface area contributed by atoms with E-state index in [0.717, 1.165) is 40.9 Å². The number of aromatic nitrogens is 3. The topological polar surface area (TPSA) is 70.6 Å². The van der Waals surface area contributed by atoms with Crippen molar-refractivity contribution in [1.82, 2.24) is 19.8 Å². The van der Waals surface area contributed by atoms with E-state index >= 15 is 0 Å². The molecule has 1 aromatic carbocycles. The minimum atomic E-state index is -1.12. The smallest absolute Gasteiger partial charge is 0.313 e. The second-order valence-electron chi connectivity index (χ2n) is 9.50. The van der Waals surface area contributed by atoms with Gasteiger partial charge in [-0.1, -0.05) is 23.5 Å². The minimum Gasteiger partial charge on any atom is -0.349 e. The van der Waals surface area contributed by atoms with Gasteiger partial charge in [0.15, 0.2) is 6.20 Å². The number of piperazine rings is 1. The van der Waals surface area contributed by atoms with Crippen molar-refractivity contribution >= 4 is 17.5 Å². The summed E-state index contributed by atoms with van der Waals surface area (Å²) in [5, 5.41) is 7.71. The molecule has 1 N–H and O–H groups in total. The summed E-state index contributed by atoms with van der Waals surface area (Å²) in [6.07, 6.45) is 3.75. The number of nitrogens with zero attached hydrogens (tertiary/aromatic N) is 4. The molecule has 3 aromatic rings. The molecule has 1 aliphatic carbocycles. The van der Waals surface area contributed by atoms with Gasteiger partial charge in [0.1, 0.15) is 11.5 Å². The molecule has 4 heterocycles. The van der Waals surface area contributed by atoms with E-state index in [1.807, 2.05) is 16.7 Å². The Labute approximate surface area is 184 Å². The Balaban J connectivity index is 1.59. The maximum Gasteiger partial charge on any atom is 0.313 e. The van der Waals surface area contributed by atoms with E-state index in [1.54, 1.807) is 28.6 Å². The lowest BCUT2D eigenvalue weighted by Crippen LogP contribution is -2.71. The molecule has 3 aliphatic rings. The first kappa shape index (κ1) is 19.4. The van der Waals surface area contributed by atoms with Crippen LogP contribution in [0.4, 0.5) is 4.39 Å². The van der Waals surface area contributed by atoms with Crippen LogP contribution in [-0.2, 0) is 10.5 Å². The molecule has 6 rings (SSSR count). The molecular weight excluding hydrogens is 409 g/mol. The molecule has 2 amide bonds. The van der Waals surface area contributed by atoms with E-state index in [1.165, 1.54) is 6.07 Å². The van der Waals surface area contributed by atoms with E-state index in [-0.39, 0.29) is 23.5 Å². The number of benzene rings is 1. The van der Waals surface area contributed by atoms with Crippen molar-refractivity contribution in [3.8, 4) is 11.3 Å². The molecule has 1 unspecified atom stereocenters. The number of carbonyl (C=O) groups is 2. The normalized spacial score (nSPS) is 22.5. The lowest BCUT2D eigenvalue weighted by atomic mass is 9.99. The van der Waals surface area contributed by atoms with Gasteiger partial charge in [-0.25, -0.2) is 4.39 Å². The highest BCUT2D eigenvalue weighted by Gasteiger charge is 2.60. The largest absolute Gasteiger partial charge is 0.349 e. The summed E-state index contributed by atoms with van der Waals surface area (Å²) in [4.78, 5) is 27.8. The molecular formula is C24H25FN5O2+. The SMILES string of the molecule is CC(C)c1cc(-c2ccc(F)c(C3CC3)c2)nn2cc3[n+](c12)C1(C)C(=O)NCCN1C3=O. The van der Waals surface area contributed by atoms with Gasteiger partial charge in [-0.15, -0.1) is 0 Å². The van der Waals surface area contributed by atoms with Crippen LogP contribution in [0, 0.1) is 5.82 Å². The van der Waals surface area contributed by atoms with Gasteiger partial charge in [0.2, 0.25) is 5.69 Å². The van der Waals surface area contributed by atoms with Crippen molar-refractivity contribution in [1.29, 1.82) is 0 Å². The first-order valence-corrected chi connectivity index (χ1v) is 11.2. The molecule has 164 valence electrons. The van der Waals surface area contributed by atoms with Crippen molar-refractivity contribution < 1.29 is 18.5 Å². The fraction of sp³-hybridized carbons (Fsp3) is 0.417. The molecule has 2 fully saturated rings. The summed E-state index contributed by atoms with van der Waals surface area (Å²) in [5.41, 5.74) is 3.37. The second kappa shape index (κ2) is 6.37. The lowest BCUT2D eigenvalue weighted by molar-refractivity contribution is -0.732. The highest BCUT2D eigenvalue weighted by Crippen LogP contribution is 2.42. The van der Waals surface area contributed by atoms with Crippen LogP contribution in [0.15, 0.2) is 30.5 Å². The van der Waals surface area contributed by atoms with Gasteiger partial charge in [-0.2, -0.15) is 4.57 Å². The van der Waals surface area contributed by atoms with Crippen molar-refractivity contribution in [2.24, 2.45) is 0 Å². The average molecular weight is 434 g/mol. The van der Waals surface area contributed by atoms with Gasteiger partial charge in [-0.05, 0) is 54.5 Å². The molecule has 0 radical (unpaired) electrons. The molecule has 0 bridgehead atoms. The van der Waals surface area contributed by atoms with E-state index in [0.29, 0.717) is 24.7 Å². The maximum absolute atomic E-state index is 14.3. The Morgan fingerprint density at radius 1 is 1.25 bits per heavy atom. The molecule has 1 saturated heterocycles. The predicted molar refractivity (Wildman–Crippen MR) is 115 cm³/mol. The van der Waals surface area contributed by atoms with Crippen molar-refractivity contribution in [3.05, 3.63) is 53.1 Å². The van der Waals surface area contributed by atoms with Crippen molar-refractivity contribution in [2.45, 2.75) is 51.1 Å². The molecule has 2 aromatic heterocycles. The molecule has 32 heavy (non-hydrogen) atoms. The Bertz CT molecular complexity index is 1330. The average Bonchev–Trinajstić information content (AvgIpc) is 3.49. The lowest BCUT2D eigenvalue weighted by Gasteiger charge is -2.35. The number of fused-ring (bicyclic) bond motifs is 5.